The summed E-state index contributed by atoms with van der Waals surface area (Å²) in [7, 11) is 0. The minimum absolute atomic E-state index is 0.759. The second-order valence-corrected chi connectivity index (χ2v) is 6.08. The maximum Gasteiger partial charge on any atom is 0.0406 e. The van der Waals surface area contributed by atoms with Crippen molar-refractivity contribution in [1.29, 1.82) is 0 Å². The van der Waals surface area contributed by atoms with E-state index in [1.54, 1.807) is 18.0 Å². The van der Waals surface area contributed by atoms with Gasteiger partial charge in [0.25, 0.3) is 0 Å². The Labute approximate surface area is 134 Å². The van der Waals surface area contributed by atoms with Gasteiger partial charge in [0, 0.05) is 33.6 Å². The number of hydrogen-bond donors (Lipinski definition) is 0. The highest BCUT2D eigenvalue weighted by molar-refractivity contribution is 7.99. The van der Waals surface area contributed by atoms with Gasteiger partial charge in [-0.15, -0.1) is 0 Å². The molecule has 0 saturated heterocycles. The van der Waals surface area contributed by atoms with E-state index in [1.807, 2.05) is 42.6 Å². The van der Waals surface area contributed by atoms with E-state index >= 15 is 0 Å². The Hall–Kier alpha value is -1.77. The predicted octanol–water partition coefficient (Wildman–Crippen LogP) is 5.49. The molecule has 0 atom stereocenters. The van der Waals surface area contributed by atoms with Crippen LogP contribution in [0, 0.1) is 6.42 Å². The topological polar surface area (TPSA) is 12.9 Å². The van der Waals surface area contributed by atoms with Gasteiger partial charge in [-0.3, -0.25) is 4.98 Å². The molecular formula is C18H13ClNS. The Morgan fingerprint density at radius 1 is 0.905 bits per heavy atom. The lowest BCUT2D eigenvalue weighted by Crippen LogP contribution is -1.89. The molecule has 0 aliphatic rings. The first-order valence-electron chi connectivity index (χ1n) is 6.58. The molecule has 0 bridgehead atoms. The SMILES string of the molecule is Clc1ccc(Sc2ccccc2[CH]c2cccnc2)cc1. The average Bonchev–Trinajstić information content (AvgIpc) is 2.52. The van der Waals surface area contributed by atoms with Crippen LogP contribution in [0.1, 0.15) is 11.1 Å². The summed E-state index contributed by atoms with van der Waals surface area (Å²) in [6, 6.07) is 20.2. The summed E-state index contributed by atoms with van der Waals surface area (Å²) in [5.74, 6) is 0. The van der Waals surface area contributed by atoms with E-state index in [-0.39, 0.29) is 0 Å². The van der Waals surface area contributed by atoms with Gasteiger partial charge in [-0.2, -0.15) is 0 Å². The van der Waals surface area contributed by atoms with Crippen LogP contribution < -0.4 is 0 Å². The molecule has 1 heterocycles. The van der Waals surface area contributed by atoms with Crippen molar-refractivity contribution in [1.82, 2.24) is 4.98 Å². The number of aromatic nitrogens is 1. The van der Waals surface area contributed by atoms with Crippen LogP contribution in [0.2, 0.25) is 5.02 Å². The lowest BCUT2D eigenvalue weighted by Gasteiger charge is -2.09. The molecule has 1 nitrogen and oxygen atoms in total. The van der Waals surface area contributed by atoms with Crippen LogP contribution in [0.4, 0.5) is 0 Å². The van der Waals surface area contributed by atoms with Gasteiger partial charge < -0.3 is 0 Å². The lowest BCUT2D eigenvalue weighted by molar-refractivity contribution is 1.24. The van der Waals surface area contributed by atoms with E-state index in [0.717, 1.165) is 10.6 Å². The molecule has 0 aliphatic carbocycles. The number of pyridine rings is 1. The summed E-state index contributed by atoms with van der Waals surface area (Å²) in [6.07, 6.45) is 5.79. The van der Waals surface area contributed by atoms with Gasteiger partial charge in [0.15, 0.2) is 0 Å². The van der Waals surface area contributed by atoms with Crippen molar-refractivity contribution in [2.24, 2.45) is 0 Å². The first-order chi connectivity index (χ1) is 10.3. The third kappa shape index (κ3) is 3.87. The predicted molar refractivity (Wildman–Crippen MR) is 88.8 cm³/mol. The molecule has 0 fully saturated rings. The zero-order chi connectivity index (χ0) is 14.5. The maximum atomic E-state index is 5.93. The summed E-state index contributed by atoms with van der Waals surface area (Å²) in [6.45, 7) is 0. The zero-order valence-electron chi connectivity index (χ0n) is 11.2. The second-order valence-electron chi connectivity index (χ2n) is 4.52. The van der Waals surface area contributed by atoms with Crippen LogP contribution >= 0.6 is 23.4 Å². The zero-order valence-corrected chi connectivity index (χ0v) is 12.8. The number of nitrogens with zero attached hydrogens (tertiary/aromatic N) is 1. The highest BCUT2D eigenvalue weighted by Crippen LogP contribution is 2.32. The summed E-state index contributed by atoms with van der Waals surface area (Å²) in [4.78, 5) is 6.54. The summed E-state index contributed by atoms with van der Waals surface area (Å²) < 4.78 is 0. The molecule has 0 amide bonds. The number of benzene rings is 2. The molecule has 103 valence electrons. The molecule has 1 aromatic heterocycles. The van der Waals surface area contributed by atoms with Crippen LogP contribution in [-0.4, -0.2) is 4.98 Å². The highest BCUT2D eigenvalue weighted by Gasteiger charge is 2.05. The van der Waals surface area contributed by atoms with Gasteiger partial charge in [0.2, 0.25) is 0 Å². The van der Waals surface area contributed by atoms with Gasteiger partial charge >= 0.3 is 0 Å². The quantitative estimate of drug-likeness (QED) is 0.632. The van der Waals surface area contributed by atoms with Gasteiger partial charge in [-0.05, 0) is 47.5 Å². The van der Waals surface area contributed by atoms with Gasteiger partial charge in [0.1, 0.15) is 0 Å². The normalized spacial score (nSPS) is 10.5. The Kier molecular flexibility index (Phi) is 4.59. The number of halogens is 1. The molecule has 0 saturated carbocycles. The van der Waals surface area contributed by atoms with E-state index in [0.29, 0.717) is 0 Å². The summed E-state index contributed by atoms with van der Waals surface area (Å²) >= 11 is 7.66. The Morgan fingerprint density at radius 3 is 2.48 bits per heavy atom. The smallest absolute Gasteiger partial charge is 0.0406 e. The van der Waals surface area contributed by atoms with Crippen molar-refractivity contribution >= 4 is 23.4 Å². The highest BCUT2D eigenvalue weighted by atomic mass is 35.5. The molecule has 2 aromatic carbocycles. The number of rotatable bonds is 4. The standard InChI is InChI=1S/C18H13ClNS/c19-16-7-9-17(10-8-16)21-18-6-2-1-5-15(18)12-14-4-3-11-20-13-14/h1-13H. The van der Waals surface area contributed by atoms with Crippen LogP contribution in [0.15, 0.2) is 82.8 Å². The third-order valence-corrected chi connectivity index (χ3v) is 4.32. The Bertz CT molecular complexity index is 711. The Balaban J connectivity index is 1.84. The van der Waals surface area contributed by atoms with Crippen molar-refractivity contribution < 1.29 is 0 Å². The molecule has 0 spiro atoms. The van der Waals surface area contributed by atoms with Crippen LogP contribution in [0.25, 0.3) is 0 Å². The van der Waals surface area contributed by atoms with Crippen molar-refractivity contribution in [3.63, 3.8) is 0 Å². The molecule has 0 N–H and O–H groups in total. The van der Waals surface area contributed by atoms with E-state index in [2.05, 4.69) is 35.7 Å². The maximum absolute atomic E-state index is 5.93. The molecule has 0 unspecified atom stereocenters. The third-order valence-electron chi connectivity index (χ3n) is 2.97. The molecule has 0 aliphatic heterocycles. The Morgan fingerprint density at radius 2 is 1.71 bits per heavy atom. The molecule has 3 rings (SSSR count). The molecule has 3 aromatic rings. The van der Waals surface area contributed by atoms with Crippen LogP contribution in [-0.2, 0) is 0 Å². The minimum atomic E-state index is 0.759. The van der Waals surface area contributed by atoms with E-state index in [4.69, 9.17) is 11.6 Å². The molecule has 3 heteroatoms. The van der Waals surface area contributed by atoms with E-state index < -0.39 is 0 Å². The average molecular weight is 311 g/mol. The van der Waals surface area contributed by atoms with Gasteiger partial charge in [-0.25, -0.2) is 0 Å². The first kappa shape index (κ1) is 14.2. The fourth-order valence-corrected chi connectivity index (χ4v) is 3.01. The van der Waals surface area contributed by atoms with E-state index in [1.165, 1.54) is 15.4 Å². The molecular weight excluding hydrogens is 298 g/mol. The fourth-order valence-electron chi connectivity index (χ4n) is 1.96. The van der Waals surface area contributed by atoms with Gasteiger partial charge in [0.05, 0.1) is 0 Å². The number of hydrogen-bond acceptors (Lipinski definition) is 2. The summed E-state index contributed by atoms with van der Waals surface area (Å²) in [5.41, 5.74) is 2.28. The lowest BCUT2D eigenvalue weighted by atomic mass is 10.1. The largest absolute Gasteiger partial charge is 0.264 e. The monoisotopic (exact) mass is 310 g/mol. The fraction of sp³-hybridized carbons (Fsp3) is 0. The summed E-state index contributed by atoms with van der Waals surface area (Å²) in [5, 5.41) is 0.759. The van der Waals surface area contributed by atoms with Crippen molar-refractivity contribution in [3.8, 4) is 0 Å². The van der Waals surface area contributed by atoms with Gasteiger partial charge in [-0.1, -0.05) is 47.6 Å². The molecule has 1 radical (unpaired) electrons. The van der Waals surface area contributed by atoms with E-state index in [9.17, 15) is 0 Å². The first-order valence-corrected chi connectivity index (χ1v) is 7.78. The van der Waals surface area contributed by atoms with Crippen molar-refractivity contribution in [2.45, 2.75) is 9.79 Å². The van der Waals surface area contributed by atoms with Crippen LogP contribution in [0.3, 0.4) is 0 Å². The van der Waals surface area contributed by atoms with Crippen molar-refractivity contribution in [3.05, 3.63) is 95.6 Å². The minimum Gasteiger partial charge on any atom is -0.264 e. The van der Waals surface area contributed by atoms with Crippen LogP contribution in [0.5, 0.6) is 0 Å². The second kappa shape index (κ2) is 6.79. The van der Waals surface area contributed by atoms with Crippen molar-refractivity contribution in [2.75, 3.05) is 0 Å². The molecule has 21 heavy (non-hydrogen) atoms.